The van der Waals surface area contributed by atoms with Crippen LogP contribution in [0.4, 0.5) is 0 Å². The molecule has 0 unspecified atom stereocenters. The zero-order valence-corrected chi connectivity index (χ0v) is 22.9. The molecule has 0 saturated carbocycles. The standard InChI is InChI=1S/C40H22O3/c1-3-11-26-24(9-1)37(29-14-7-17-33-39(29)28-13-5-6-16-32(28)42-33)25-10-2-4-12-27(25)38(26)30-15-8-18-34-40(30)31-21-23-19-20-41-35(23)22-36(31)43-34/h1-22H. The van der Waals surface area contributed by atoms with E-state index in [0.717, 1.165) is 60.4 Å². The van der Waals surface area contributed by atoms with Crippen LogP contribution in [0.25, 0.3) is 98.6 Å². The molecule has 0 amide bonds. The van der Waals surface area contributed by atoms with Crippen LogP contribution < -0.4 is 0 Å². The third-order valence-electron chi connectivity index (χ3n) is 8.94. The van der Waals surface area contributed by atoms with Crippen LogP contribution >= 0.6 is 0 Å². The largest absolute Gasteiger partial charge is 0.464 e. The minimum atomic E-state index is 0.827. The molecule has 0 aliphatic carbocycles. The zero-order chi connectivity index (χ0) is 28.1. The van der Waals surface area contributed by atoms with Gasteiger partial charge in [0, 0.05) is 33.0 Å². The Kier molecular flexibility index (Phi) is 4.45. The molecule has 3 heteroatoms. The lowest BCUT2D eigenvalue weighted by molar-refractivity contribution is 0.613. The monoisotopic (exact) mass is 550 g/mol. The number of para-hydroxylation sites is 1. The second-order valence-electron chi connectivity index (χ2n) is 11.2. The van der Waals surface area contributed by atoms with Gasteiger partial charge >= 0.3 is 0 Å². The average Bonchev–Trinajstić information content (AvgIpc) is 3.77. The Bertz CT molecular complexity index is 2680. The van der Waals surface area contributed by atoms with Crippen LogP contribution in [0.2, 0.25) is 0 Å². The maximum atomic E-state index is 6.42. The molecule has 3 heterocycles. The topological polar surface area (TPSA) is 39.4 Å². The van der Waals surface area contributed by atoms with E-state index in [1.165, 1.54) is 38.2 Å². The van der Waals surface area contributed by atoms with Gasteiger partial charge in [-0.25, -0.2) is 0 Å². The molecule has 0 bridgehead atoms. The number of hydrogen-bond acceptors (Lipinski definition) is 3. The van der Waals surface area contributed by atoms with E-state index >= 15 is 0 Å². The summed E-state index contributed by atoms with van der Waals surface area (Å²) in [4.78, 5) is 0. The Morgan fingerprint density at radius 2 is 0.860 bits per heavy atom. The molecular formula is C40H22O3. The Morgan fingerprint density at radius 3 is 1.49 bits per heavy atom. The lowest BCUT2D eigenvalue weighted by Crippen LogP contribution is -1.91. The third kappa shape index (κ3) is 3.08. The van der Waals surface area contributed by atoms with Crippen molar-refractivity contribution in [2.24, 2.45) is 0 Å². The fourth-order valence-electron chi connectivity index (χ4n) is 7.18. The minimum Gasteiger partial charge on any atom is -0.464 e. The third-order valence-corrected chi connectivity index (χ3v) is 8.94. The maximum absolute atomic E-state index is 6.42. The molecule has 3 nitrogen and oxygen atoms in total. The van der Waals surface area contributed by atoms with Gasteiger partial charge in [-0.05, 0) is 74.1 Å². The van der Waals surface area contributed by atoms with Crippen molar-refractivity contribution in [1.82, 2.24) is 0 Å². The highest BCUT2D eigenvalue weighted by Crippen LogP contribution is 2.49. The van der Waals surface area contributed by atoms with Gasteiger partial charge in [-0.1, -0.05) is 91.0 Å². The van der Waals surface area contributed by atoms with Crippen molar-refractivity contribution in [2.75, 3.05) is 0 Å². The fraction of sp³-hybridized carbons (Fsp3) is 0. The van der Waals surface area contributed by atoms with Gasteiger partial charge in [-0.15, -0.1) is 0 Å². The van der Waals surface area contributed by atoms with Crippen molar-refractivity contribution >= 4 is 76.4 Å². The average molecular weight is 551 g/mol. The predicted octanol–water partition coefficient (Wildman–Crippen LogP) is 11.9. The molecule has 0 aliphatic heterocycles. The first-order valence-corrected chi connectivity index (χ1v) is 14.5. The summed E-state index contributed by atoms with van der Waals surface area (Å²) in [6.07, 6.45) is 1.73. The van der Waals surface area contributed by atoms with Crippen molar-refractivity contribution < 1.29 is 13.3 Å². The van der Waals surface area contributed by atoms with Crippen molar-refractivity contribution in [3.63, 3.8) is 0 Å². The van der Waals surface area contributed by atoms with Crippen LogP contribution in [0.3, 0.4) is 0 Å². The Hall–Kier alpha value is -5.80. The second-order valence-corrected chi connectivity index (χ2v) is 11.2. The van der Waals surface area contributed by atoms with Gasteiger partial charge in [0.2, 0.25) is 0 Å². The lowest BCUT2D eigenvalue weighted by Gasteiger charge is -2.18. The van der Waals surface area contributed by atoms with Crippen molar-refractivity contribution in [2.45, 2.75) is 0 Å². The van der Waals surface area contributed by atoms with Gasteiger partial charge < -0.3 is 13.3 Å². The molecular weight excluding hydrogens is 528 g/mol. The van der Waals surface area contributed by atoms with E-state index < -0.39 is 0 Å². The lowest BCUT2D eigenvalue weighted by atomic mass is 9.84. The van der Waals surface area contributed by atoms with Crippen molar-refractivity contribution in [3.8, 4) is 22.3 Å². The summed E-state index contributed by atoms with van der Waals surface area (Å²) < 4.78 is 18.4. The summed E-state index contributed by atoms with van der Waals surface area (Å²) in [6, 6.07) is 44.9. The first kappa shape index (κ1) is 22.8. The molecule has 0 saturated heterocycles. The van der Waals surface area contributed by atoms with Gasteiger partial charge in [0.05, 0.1) is 6.26 Å². The normalized spacial score (nSPS) is 12.2. The molecule has 10 rings (SSSR count). The maximum Gasteiger partial charge on any atom is 0.139 e. The van der Waals surface area contributed by atoms with Crippen LogP contribution in [-0.4, -0.2) is 0 Å². The van der Waals surface area contributed by atoms with Crippen LogP contribution in [0.1, 0.15) is 0 Å². The molecule has 0 atom stereocenters. The first-order chi connectivity index (χ1) is 21.3. The molecule has 0 aliphatic rings. The summed E-state index contributed by atoms with van der Waals surface area (Å²) in [6.45, 7) is 0. The summed E-state index contributed by atoms with van der Waals surface area (Å²) in [5.41, 5.74) is 9.09. The van der Waals surface area contributed by atoms with Crippen LogP contribution in [0.5, 0.6) is 0 Å². The van der Waals surface area contributed by atoms with E-state index in [9.17, 15) is 0 Å². The smallest absolute Gasteiger partial charge is 0.139 e. The molecule has 10 aromatic rings. The number of rotatable bonds is 2. The zero-order valence-electron chi connectivity index (χ0n) is 22.9. The highest BCUT2D eigenvalue weighted by molar-refractivity contribution is 6.28. The van der Waals surface area contributed by atoms with E-state index in [0.29, 0.717) is 0 Å². The Labute approximate surface area is 245 Å². The van der Waals surface area contributed by atoms with E-state index in [2.05, 4.69) is 103 Å². The number of hydrogen-bond donors (Lipinski definition) is 0. The highest BCUT2D eigenvalue weighted by atomic mass is 16.3. The van der Waals surface area contributed by atoms with Crippen LogP contribution in [-0.2, 0) is 0 Å². The summed E-state index contributed by atoms with van der Waals surface area (Å²) >= 11 is 0. The minimum absolute atomic E-state index is 0.827. The van der Waals surface area contributed by atoms with Crippen molar-refractivity contribution in [3.05, 3.63) is 134 Å². The van der Waals surface area contributed by atoms with Gasteiger partial charge in [0.15, 0.2) is 0 Å². The molecule has 0 fully saturated rings. The molecule has 7 aromatic carbocycles. The summed E-state index contributed by atoms with van der Waals surface area (Å²) in [5, 5.41) is 10.4. The number of furan rings is 3. The molecule has 0 N–H and O–H groups in total. The SMILES string of the molecule is c1ccc2c(c1)oc1cccc(-c3c4ccccc4c(-c4cccc5oc6cc7occc7cc6c45)c4ccccc34)c12. The first-order valence-electron chi connectivity index (χ1n) is 14.5. The molecule has 43 heavy (non-hydrogen) atoms. The molecule has 200 valence electrons. The Balaban J connectivity index is 1.38. The highest BCUT2D eigenvalue weighted by Gasteiger charge is 2.22. The molecule has 0 spiro atoms. The number of benzene rings is 7. The van der Waals surface area contributed by atoms with Crippen molar-refractivity contribution in [1.29, 1.82) is 0 Å². The van der Waals surface area contributed by atoms with E-state index in [1.807, 2.05) is 24.3 Å². The summed E-state index contributed by atoms with van der Waals surface area (Å²) in [5.74, 6) is 0. The van der Waals surface area contributed by atoms with Gasteiger partial charge in [0.1, 0.15) is 27.9 Å². The fourth-order valence-corrected chi connectivity index (χ4v) is 7.18. The van der Waals surface area contributed by atoms with Crippen LogP contribution in [0, 0.1) is 0 Å². The molecule has 3 aromatic heterocycles. The van der Waals surface area contributed by atoms with Gasteiger partial charge in [0.25, 0.3) is 0 Å². The van der Waals surface area contributed by atoms with E-state index in [-0.39, 0.29) is 0 Å². The van der Waals surface area contributed by atoms with Crippen LogP contribution in [0.15, 0.2) is 147 Å². The van der Waals surface area contributed by atoms with Gasteiger partial charge in [-0.3, -0.25) is 0 Å². The Morgan fingerprint density at radius 1 is 0.349 bits per heavy atom. The summed E-state index contributed by atoms with van der Waals surface area (Å²) in [7, 11) is 0. The second kappa shape index (κ2) is 8.37. The van der Waals surface area contributed by atoms with E-state index in [4.69, 9.17) is 13.3 Å². The number of fused-ring (bicyclic) bond motifs is 9. The quantitative estimate of drug-likeness (QED) is 0.201. The predicted molar refractivity (Wildman–Crippen MR) is 177 cm³/mol. The van der Waals surface area contributed by atoms with Gasteiger partial charge in [-0.2, -0.15) is 0 Å². The van der Waals surface area contributed by atoms with E-state index in [1.54, 1.807) is 6.26 Å². The molecule has 0 radical (unpaired) electrons.